The molecule has 0 aliphatic rings. The number of hydrogen-bond donors (Lipinski definition) is 2. The quantitative estimate of drug-likeness (QED) is 0.580. The largest absolute Gasteiger partial charge is 0.368 e. The Kier molecular flexibility index (Phi) is 2.20. The molecule has 0 atom stereocenters. The van der Waals surface area contributed by atoms with Crippen molar-refractivity contribution < 1.29 is 0 Å². The molecule has 0 saturated carbocycles. The average molecular weight is 242 g/mol. The number of nitrogen functional groups attached to an aromatic ring is 1. The van der Waals surface area contributed by atoms with Gasteiger partial charge in [0.2, 0.25) is 5.95 Å². The number of nitrogens with one attached hydrogen (secondary N) is 1. The van der Waals surface area contributed by atoms with Crippen molar-refractivity contribution >= 4 is 42.2 Å². The summed E-state index contributed by atoms with van der Waals surface area (Å²) in [6.45, 7) is 6.57. The molecular weight excluding hydrogens is 230 g/mol. The van der Waals surface area contributed by atoms with Crippen LogP contribution in [0.2, 0.25) is 24.8 Å². The van der Waals surface area contributed by atoms with Crippen LogP contribution < -0.4 is 11.2 Å². The van der Waals surface area contributed by atoms with Gasteiger partial charge in [-0.2, -0.15) is 9.97 Å². The van der Waals surface area contributed by atoms with E-state index in [1.807, 2.05) is 0 Å². The highest BCUT2D eigenvalue weighted by Crippen LogP contribution is 2.17. The second-order valence-corrected chi connectivity index (χ2v) is 9.74. The van der Waals surface area contributed by atoms with Crippen molar-refractivity contribution in [1.29, 1.82) is 0 Å². The van der Waals surface area contributed by atoms with E-state index in [4.69, 9.17) is 17.3 Å². The third kappa shape index (κ3) is 1.82. The van der Waals surface area contributed by atoms with E-state index < -0.39 is 8.07 Å². The Morgan fingerprint density at radius 2 is 1.87 bits per heavy atom. The third-order valence-electron chi connectivity index (χ3n) is 2.03. The molecule has 80 valence electrons. The molecule has 0 radical (unpaired) electrons. The minimum absolute atomic E-state index is 0.154. The van der Waals surface area contributed by atoms with E-state index in [-0.39, 0.29) is 5.95 Å². The SMILES string of the molecule is C[Si](C)(C)c1nc2nc(N)nc(Cl)c2[nH]1. The van der Waals surface area contributed by atoms with Crippen LogP contribution in [-0.2, 0) is 0 Å². The molecule has 0 fully saturated rings. The number of nitrogens with two attached hydrogens (primary N) is 1. The van der Waals surface area contributed by atoms with Crippen molar-refractivity contribution in [3.05, 3.63) is 5.15 Å². The minimum atomic E-state index is -1.49. The summed E-state index contributed by atoms with van der Waals surface area (Å²) in [7, 11) is -1.49. The van der Waals surface area contributed by atoms with Gasteiger partial charge in [-0.05, 0) is 0 Å². The number of aromatic amines is 1. The monoisotopic (exact) mass is 241 g/mol. The number of imidazole rings is 1. The van der Waals surface area contributed by atoms with Crippen molar-refractivity contribution in [3.8, 4) is 0 Å². The van der Waals surface area contributed by atoms with Crippen LogP contribution in [0.4, 0.5) is 5.95 Å². The number of aromatic nitrogens is 4. The summed E-state index contributed by atoms with van der Waals surface area (Å²) in [6, 6.07) is 0. The molecule has 15 heavy (non-hydrogen) atoms. The second-order valence-electron chi connectivity index (χ2n) is 4.41. The number of nitrogens with zero attached hydrogens (tertiary/aromatic N) is 3. The zero-order chi connectivity index (χ0) is 11.2. The Balaban J connectivity index is 2.71. The first-order chi connectivity index (χ1) is 6.88. The fourth-order valence-corrected chi connectivity index (χ4v) is 2.39. The van der Waals surface area contributed by atoms with Gasteiger partial charge in [0, 0.05) is 0 Å². The molecule has 0 spiro atoms. The zero-order valence-corrected chi connectivity index (χ0v) is 10.6. The molecule has 2 heterocycles. The van der Waals surface area contributed by atoms with Gasteiger partial charge in [-0.25, -0.2) is 4.98 Å². The van der Waals surface area contributed by atoms with Gasteiger partial charge >= 0.3 is 0 Å². The molecule has 2 aromatic rings. The summed E-state index contributed by atoms with van der Waals surface area (Å²) in [4.78, 5) is 15.5. The van der Waals surface area contributed by atoms with Crippen molar-refractivity contribution in [3.63, 3.8) is 0 Å². The Labute approximate surface area is 93.1 Å². The Morgan fingerprint density at radius 1 is 1.20 bits per heavy atom. The molecule has 0 saturated heterocycles. The molecule has 2 rings (SSSR count). The molecule has 0 bridgehead atoms. The van der Waals surface area contributed by atoms with Gasteiger partial charge in [-0.3, -0.25) is 0 Å². The maximum Gasteiger partial charge on any atom is 0.223 e. The van der Waals surface area contributed by atoms with Crippen LogP contribution in [0.3, 0.4) is 0 Å². The smallest absolute Gasteiger partial charge is 0.223 e. The van der Waals surface area contributed by atoms with Gasteiger partial charge in [0.1, 0.15) is 13.6 Å². The summed E-state index contributed by atoms with van der Waals surface area (Å²) in [5, 5.41) is 0.328. The molecule has 3 N–H and O–H groups in total. The second kappa shape index (κ2) is 3.18. The lowest BCUT2D eigenvalue weighted by Crippen LogP contribution is -2.40. The maximum absolute atomic E-state index is 5.94. The zero-order valence-electron chi connectivity index (χ0n) is 8.80. The first kappa shape index (κ1) is 10.4. The molecule has 5 nitrogen and oxygen atoms in total. The standard InChI is InChI=1S/C8H12ClN5Si/c1-15(2,3)8-11-4-5(9)12-7(10)13-6(4)14-8/h1-3H3,(H3,10,11,12,13,14). The fraction of sp³-hybridized carbons (Fsp3) is 0.375. The predicted octanol–water partition coefficient (Wildman–Crippen LogP) is 1.13. The normalized spacial score (nSPS) is 12.3. The predicted molar refractivity (Wildman–Crippen MR) is 64.1 cm³/mol. The van der Waals surface area contributed by atoms with Crippen molar-refractivity contribution in [1.82, 2.24) is 19.9 Å². The number of fused-ring (bicyclic) bond motifs is 1. The van der Waals surface area contributed by atoms with E-state index in [1.54, 1.807) is 0 Å². The highest BCUT2D eigenvalue weighted by atomic mass is 35.5. The summed E-state index contributed by atoms with van der Waals surface area (Å²) in [5.41, 5.74) is 7.67. The first-order valence-electron chi connectivity index (χ1n) is 4.57. The highest BCUT2D eigenvalue weighted by Gasteiger charge is 2.22. The molecule has 0 amide bonds. The van der Waals surface area contributed by atoms with Crippen LogP contribution in [0.5, 0.6) is 0 Å². The lowest BCUT2D eigenvalue weighted by molar-refractivity contribution is 1.22. The number of H-pyrrole nitrogens is 1. The van der Waals surface area contributed by atoms with Gasteiger partial charge in [-0.15, -0.1) is 0 Å². The summed E-state index contributed by atoms with van der Waals surface area (Å²) in [5.74, 6) is 0.154. The van der Waals surface area contributed by atoms with E-state index in [9.17, 15) is 0 Å². The number of anilines is 1. The average Bonchev–Trinajstić information content (AvgIpc) is 2.46. The molecule has 2 aromatic heterocycles. The van der Waals surface area contributed by atoms with Gasteiger partial charge in [-0.1, -0.05) is 31.2 Å². The van der Waals surface area contributed by atoms with E-state index in [2.05, 4.69) is 39.6 Å². The van der Waals surface area contributed by atoms with Gasteiger partial charge in [0.05, 0.1) is 5.45 Å². The highest BCUT2D eigenvalue weighted by molar-refractivity contribution is 6.87. The van der Waals surface area contributed by atoms with E-state index in [0.29, 0.717) is 16.3 Å². The Hall–Kier alpha value is -1.14. The van der Waals surface area contributed by atoms with E-state index >= 15 is 0 Å². The van der Waals surface area contributed by atoms with Crippen molar-refractivity contribution in [2.24, 2.45) is 0 Å². The lowest BCUT2D eigenvalue weighted by atomic mass is 10.6. The molecule has 0 aliphatic heterocycles. The fourth-order valence-electron chi connectivity index (χ4n) is 1.23. The number of rotatable bonds is 1. The molecule has 0 aromatic carbocycles. The van der Waals surface area contributed by atoms with Crippen molar-refractivity contribution in [2.45, 2.75) is 19.6 Å². The van der Waals surface area contributed by atoms with Gasteiger partial charge in [0.15, 0.2) is 10.8 Å². The molecular formula is C8H12ClN5Si. The third-order valence-corrected chi connectivity index (χ3v) is 3.97. The van der Waals surface area contributed by atoms with Crippen LogP contribution in [0.1, 0.15) is 0 Å². The van der Waals surface area contributed by atoms with Crippen LogP contribution in [0.25, 0.3) is 11.2 Å². The lowest BCUT2D eigenvalue weighted by Gasteiger charge is -2.10. The number of hydrogen-bond acceptors (Lipinski definition) is 4. The minimum Gasteiger partial charge on any atom is -0.368 e. The van der Waals surface area contributed by atoms with Crippen LogP contribution in [0, 0.1) is 0 Å². The summed E-state index contributed by atoms with van der Waals surface area (Å²) in [6.07, 6.45) is 0. The molecule has 0 aliphatic carbocycles. The summed E-state index contributed by atoms with van der Waals surface area (Å²) < 4.78 is 0. The van der Waals surface area contributed by atoms with Crippen LogP contribution in [0.15, 0.2) is 0 Å². The number of halogens is 1. The summed E-state index contributed by atoms with van der Waals surface area (Å²) >= 11 is 5.94. The van der Waals surface area contributed by atoms with E-state index in [1.165, 1.54) is 0 Å². The van der Waals surface area contributed by atoms with E-state index in [0.717, 1.165) is 5.45 Å². The maximum atomic E-state index is 5.94. The first-order valence-corrected chi connectivity index (χ1v) is 8.45. The van der Waals surface area contributed by atoms with Gasteiger partial charge in [0.25, 0.3) is 0 Å². The molecule has 7 heteroatoms. The Bertz CT molecular complexity index is 515. The molecule has 0 unspecified atom stereocenters. The topological polar surface area (TPSA) is 80.5 Å². The van der Waals surface area contributed by atoms with Crippen LogP contribution >= 0.6 is 11.6 Å². The van der Waals surface area contributed by atoms with Gasteiger partial charge < -0.3 is 10.7 Å². The van der Waals surface area contributed by atoms with Crippen LogP contribution in [-0.4, -0.2) is 28.0 Å². The van der Waals surface area contributed by atoms with Crippen molar-refractivity contribution in [2.75, 3.05) is 5.73 Å². The Morgan fingerprint density at radius 3 is 2.47 bits per heavy atom.